The number of hydrogen-bond acceptors (Lipinski definition) is 4. The third-order valence-electron chi connectivity index (χ3n) is 6.46. The number of nitrogens with zero attached hydrogens (tertiary/aromatic N) is 3. The van der Waals surface area contributed by atoms with Crippen LogP contribution in [0.1, 0.15) is 41.3 Å². The summed E-state index contributed by atoms with van der Waals surface area (Å²) in [6.07, 6.45) is 2.25. The molecule has 1 unspecified atom stereocenters. The van der Waals surface area contributed by atoms with Gasteiger partial charge in [0, 0.05) is 57.4 Å². The molecule has 2 aliphatic rings. The predicted octanol–water partition coefficient (Wildman–Crippen LogP) is 3.65. The molecule has 5 heteroatoms. The zero-order chi connectivity index (χ0) is 21.5. The number of carbonyl (C=O) groups excluding carboxylic acids is 1. The van der Waals surface area contributed by atoms with Gasteiger partial charge in [-0.1, -0.05) is 42.5 Å². The zero-order valence-corrected chi connectivity index (χ0v) is 18.7. The molecule has 0 N–H and O–H groups in total. The van der Waals surface area contributed by atoms with Crippen LogP contribution in [0.25, 0.3) is 0 Å². The summed E-state index contributed by atoms with van der Waals surface area (Å²) in [4.78, 5) is 19.7. The quantitative estimate of drug-likeness (QED) is 0.652. The van der Waals surface area contributed by atoms with Crippen LogP contribution in [0.2, 0.25) is 0 Å². The topological polar surface area (TPSA) is 36.0 Å². The van der Waals surface area contributed by atoms with Crippen molar-refractivity contribution in [3.05, 3.63) is 71.3 Å². The molecule has 1 amide bonds. The Balaban J connectivity index is 1.43. The van der Waals surface area contributed by atoms with Crippen LogP contribution in [0, 0.1) is 0 Å². The van der Waals surface area contributed by atoms with Gasteiger partial charge in [0.25, 0.3) is 5.91 Å². The lowest BCUT2D eigenvalue weighted by molar-refractivity contribution is 0.0226. The first-order chi connectivity index (χ1) is 15.2. The average molecular weight is 422 g/mol. The Hall–Kier alpha value is -2.21. The molecule has 1 atom stereocenters. The minimum absolute atomic E-state index is 0.172. The van der Waals surface area contributed by atoms with E-state index in [-0.39, 0.29) is 5.91 Å². The molecule has 2 saturated heterocycles. The molecule has 0 spiro atoms. The molecule has 0 aromatic heterocycles. The van der Waals surface area contributed by atoms with Gasteiger partial charge in [-0.15, -0.1) is 0 Å². The maximum atomic E-state index is 12.7. The first-order valence-corrected chi connectivity index (χ1v) is 11.7. The van der Waals surface area contributed by atoms with Crippen LogP contribution >= 0.6 is 0 Å². The lowest BCUT2D eigenvalue weighted by Gasteiger charge is -2.35. The van der Waals surface area contributed by atoms with Gasteiger partial charge in [-0.25, -0.2) is 0 Å². The summed E-state index contributed by atoms with van der Waals surface area (Å²) in [5.74, 6) is 0.172. The Bertz CT molecular complexity index is 812. The Morgan fingerprint density at radius 1 is 0.903 bits per heavy atom. The van der Waals surface area contributed by atoms with E-state index in [9.17, 15) is 4.79 Å². The number of hydrogen-bond donors (Lipinski definition) is 0. The first kappa shape index (κ1) is 22.0. The molecule has 31 heavy (non-hydrogen) atoms. The molecule has 2 aromatic carbocycles. The number of likely N-dealkylation sites (tertiary alicyclic amines) is 1. The highest BCUT2D eigenvalue weighted by Gasteiger charge is 2.21. The maximum Gasteiger partial charge on any atom is 0.253 e. The number of carbonyl (C=O) groups is 1. The highest BCUT2D eigenvalue weighted by atomic mass is 16.5. The maximum absolute atomic E-state index is 12.7. The molecule has 0 radical (unpaired) electrons. The van der Waals surface area contributed by atoms with Gasteiger partial charge in [-0.05, 0) is 43.0 Å². The lowest BCUT2D eigenvalue weighted by atomic mass is 10.1. The summed E-state index contributed by atoms with van der Waals surface area (Å²) >= 11 is 0. The highest BCUT2D eigenvalue weighted by molar-refractivity contribution is 5.94. The first-order valence-electron chi connectivity index (χ1n) is 11.7. The van der Waals surface area contributed by atoms with Crippen molar-refractivity contribution in [2.45, 2.75) is 38.9 Å². The van der Waals surface area contributed by atoms with Crippen LogP contribution in [0.3, 0.4) is 0 Å². The van der Waals surface area contributed by atoms with Gasteiger partial charge >= 0.3 is 0 Å². The van der Waals surface area contributed by atoms with E-state index in [4.69, 9.17) is 4.74 Å². The van der Waals surface area contributed by atoms with Crippen LogP contribution in [0.15, 0.2) is 54.6 Å². The number of morpholine rings is 1. The summed E-state index contributed by atoms with van der Waals surface area (Å²) in [6.45, 7) is 10.6. The highest BCUT2D eigenvalue weighted by Crippen LogP contribution is 2.17. The van der Waals surface area contributed by atoms with Crippen LogP contribution in [0.5, 0.6) is 0 Å². The Morgan fingerprint density at radius 3 is 2.16 bits per heavy atom. The zero-order valence-electron chi connectivity index (χ0n) is 18.7. The van der Waals surface area contributed by atoms with Crippen LogP contribution in [0.4, 0.5) is 0 Å². The molecule has 166 valence electrons. The molecular formula is C26H35N3O2. The molecule has 0 aliphatic carbocycles. The SMILES string of the molecule is CC(CN1CCOCC1)N(Cc1ccccc1)Cc1ccc(C(=O)N2CCCC2)cc1. The summed E-state index contributed by atoms with van der Waals surface area (Å²) in [7, 11) is 0. The average Bonchev–Trinajstić information content (AvgIpc) is 3.35. The van der Waals surface area contributed by atoms with Gasteiger partial charge in [-0.3, -0.25) is 14.6 Å². The monoisotopic (exact) mass is 421 g/mol. The minimum Gasteiger partial charge on any atom is -0.379 e. The summed E-state index contributed by atoms with van der Waals surface area (Å²) in [5, 5.41) is 0. The van der Waals surface area contributed by atoms with E-state index in [1.54, 1.807) is 0 Å². The van der Waals surface area contributed by atoms with Crippen molar-refractivity contribution >= 4 is 5.91 Å². The van der Waals surface area contributed by atoms with Gasteiger partial charge in [-0.2, -0.15) is 0 Å². The third-order valence-corrected chi connectivity index (χ3v) is 6.46. The summed E-state index contributed by atoms with van der Waals surface area (Å²) in [5.41, 5.74) is 3.39. The molecule has 4 rings (SSSR count). The lowest BCUT2D eigenvalue weighted by Crippen LogP contribution is -2.45. The largest absolute Gasteiger partial charge is 0.379 e. The van der Waals surface area contributed by atoms with Gasteiger partial charge in [0.05, 0.1) is 13.2 Å². The second kappa shape index (κ2) is 10.9. The molecule has 2 aliphatic heterocycles. The van der Waals surface area contributed by atoms with Crippen molar-refractivity contribution in [3.8, 4) is 0 Å². The van der Waals surface area contributed by atoms with Crippen molar-refractivity contribution in [2.75, 3.05) is 45.9 Å². The van der Waals surface area contributed by atoms with Gasteiger partial charge in [0.1, 0.15) is 0 Å². The number of amides is 1. The summed E-state index contributed by atoms with van der Waals surface area (Å²) < 4.78 is 5.51. The van der Waals surface area contributed by atoms with Crippen LogP contribution in [-0.2, 0) is 17.8 Å². The van der Waals surface area contributed by atoms with Crippen molar-refractivity contribution in [1.82, 2.24) is 14.7 Å². The van der Waals surface area contributed by atoms with Gasteiger partial charge < -0.3 is 9.64 Å². The molecular weight excluding hydrogens is 386 g/mol. The van der Waals surface area contributed by atoms with Crippen LogP contribution in [-0.4, -0.2) is 72.6 Å². The normalized spacial score (nSPS) is 18.5. The van der Waals surface area contributed by atoms with Crippen molar-refractivity contribution in [3.63, 3.8) is 0 Å². The minimum atomic E-state index is 0.172. The molecule has 2 fully saturated rings. The molecule has 0 saturated carbocycles. The van der Waals surface area contributed by atoms with Crippen molar-refractivity contribution in [2.24, 2.45) is 0 Å². The Morgan fingerprint density at radius 2 is 1.52 bits per heavy atom. The standard InChI is InChI=1S/C26H35N3O2/c1-22(19-27-15-17-31-18-16-27)29(20-23-7-3-2-4-8-23)21-24-9-11-25(12-10-24)26(30)28-13-5-6-14-28/h2-4,7-12,22H,5-6,13-21H2,1H3. The second-order valence-corrected chi connectivity index (χ2v) is 8.85. The second-order valence-electron chi connectivity index (χ2n) is 8.85. The van der Waals surface area contributed by atoms with E-state index in [2.05, 4.69) is 59.2 Å². The van der Waals surface area contributed by atoms with E-state index >= 15 is 0 Å². The fourth-order valence-electron chi connectivity index (χ4n) is 4.55. The third kappa shape index (κ3) is 6.16. The van der Waals surface area contributed by atoms with E-state index in [0.29, 0.717) is 6.04 Å². The van der Waals surface area contributed by atoms with E-state index < -0.39 is 0 Å². The van der Waals surface area contributed by atoms with E-state index in [0.717, 1.165) is 77.4 Å². The van der Waals surface area contributed by atoms with Crippen LogP contribution < -0.4 is 0 Å². The fourth-order valence-corrected chi connectivity index (χ4v) is 4.55. The van der Waals surface area contributed by atoms with E-state index in [1.807, 2.05) is 17.0 Å². The Kier molecular flexibility index (Phi) is 7.73. The summed E-state index contributed by atoms with van der Waals surface area (Å²) in [6, 6.07) is 19.4. The predicted molar refractivity (Wildman–Crippen MR) is 124 cm³/mol. The van der Waals surface area contributed by atoms with Gasteiger partial charge in [0.15, 0.2) is 0 Å². The van der Waals surface area contributed by atoms with Gasteiger partial charge in [0.2, 0.25) is 0 Å². The molecule has 0 bridgehead atoms. The van der Waals surface area contributed by atoms with Crippen molar-refractivity contribution in [1.29, 1.82) is 0 Å². The Labute approximate surface area is 186 Å². The number of benzene rings is 2. The molecule has 5 nitrogen and oxygen atoms in total. The van der Waals surface area contributed by atoms with Crippen molar-refractivity contribution < 1.29 is 9.53 Å². The number of ether oxygens (including phenoxy) is 1. The molecule has 2 heterocycles. The molecule has 2 aromatic rings. The fraction of sp³-hybridized carbons (Fsp3) is 0.500. The van der Waals surface area contributed by atoms with E-state index in [1.165, 1.54) is 11.1 Å². The number of rotatable bonds is 8. The smallest absolute Gasteiger partial charge is 0.253 e.